The molecule has 1 saturated carbocycles. The number of aliphatic imine (C=N–C) groups is 1. The molecule has 9 heteroatoms. The van der Waals surface area contributed by atoms with Crippen molar-refractivity contribution in [3.05, 3.63) is 18.5 Å². The minimum absolute atomic E-state index is 0. The molecule has 122 valence electrons. The first kappa shape index (κ1) is 17.1. The monoisotopic (exact) mass is 424 g/mol. The van der Waals surface area contributed by atoms with Gasteiger partial charge in [0.25, 0.3) is 5.92 Å². The first-order valence-electron chi connectivity index (χ1n) is 7.01. The van der Waals surface area contributed by atoms with Crippen LogP contribution in [0.5, 0.6) is 0 Å². The van der Waals surface area contributed by atoms with Gasteiger partial charge in [-0.1, -0.05) is 0 Å². The Morgan fingerprint density at radius 3 is 2.32 bits per heavy atom. The van der Waals surface area contributed by atoms with Crippen molar-refractivity contribution in [2.45, 2.75) is 24.8 Å². The lowest BCUT2D eigenvalue weighted by atomic mass is 9.89. The highest BCUT2D eigenvalue weighted by atomic mass is 127. The van der Waals surface area contributed by atoms with E-state index in [0.29, 0.717) is 25.0 Å². The molecule has 2 fully saturated rings. The van der Waals surface area contributed by atoms with Crippen LogP contribution < -0.4 is 10.6 Å². The van der Waals surface area contributed by atoms with E-state index in [-0.39, 0.29) is 42.9 Å². The normalized spacial score (nSPS) is 22.0. The van der Waals surface area contributed by atoms with Crippen molar-refractivity contribution >= 4 is 35.9 Å². The summed E-state index contributed by atoms with van der Waals surface area (Å²) in [4.78, 5) is 16.6. The van der Waals surface area contributed by atoms with Gasteiger partial charge >= 0.3 is 0 Å². The maximum absolute atomic E-state index is 12.8. The van der Waals surface area contributed by atoms with Crippen LogP contribution in [0.25, 0.3) is 0 Å². The predicted molar refractivity (Wildman–Crippen MR) is 90.8 cm³/mol. The number of piperazine rings is 1. The van der Waals surface area contributed by atoms with Crippen LogP contribution in [-0.2, 0) is 0 Å². The van der Waals surface area contributed by atoms with Gasteiger partial charge in [-0.05, 0) is 6.07 Å². The van der Waals surface area contributed by atoms with E-state index in [1.807, 2.05) is 4.90 Å². The first-order valence-corrected chi connectivity index (χ1v) is 7.01. The van der Waals surface area contributed by atoms with E-state index in [1.54, 1.807) is 18.5 Å². The smallest absolute Gasteiger partial charge is 0.252 e. The van der Waals surface area contributed by atoms with Gasteiger partial charge in [-0.15, -0.1) is 24.0 Å². The van der Waals surface area contributed by atoms with Crippen molar-refractivity contribution in [2.75, 3.05) is 31.1 Å². The van der Waals surface area contributed by atoms with E-state index < -0.39 is 5.92 Å². The molecule has 1 aromatic rings. The van der Waals surface area contributed by atoms with Gasteiger partial charge < -0.3 is 15.5 Å². The second-order valence-corrected chi connectivity index (χ2v) is 5.43. The minimum Gasteiger partial charge on any atom is -0.370 e. The molecule has 1 aliphatic heterocycles. The summed E-state index contributed by atoms with van der Waals surface area (Å²) in [5, 5.41) is 0. The Hall–Kier alpha value is -1.26. The number of alkyl halides is 2. The molecule has 0 unspecified atom stereocenters. The summed E-state index contributed by atoms with van der Waals surface area (Å²) < 4.78 is 25.6. The van der Waals surface area contributed by atoms with E-state index >= 15 is 0 Å². The third-order valence-corrected chi connectivity index (χ3v) is 3.82. The molecular weight excluding hydrogens is 405 g/mol. The Kier molecular flexibility index (Phi) is 5.35. The summed E-state index contributed by atoms with van der Waals surface area (Å²) in [6.45, 7) is 2.86. The lowest BCUT2D eigenvalue weighted by Crippen LogP contribution is -2.52. The summed E-state index contributed by atoms with van der Waals surface area (Å²) in [7, 11) is 0. The Labute approximate surface area is 144 Å². The molecule has 22 heavy (non-hydrogen) atoms. The highest BCUT2D eigenvalue weighted by Crippen LogP contribution is 2.39. The number of hydrogen-bond donors (Lipinski definition) is 1. The minimum atomic E-state index is -2.56. The summed E-state index contributed by atoms with van der Waals surface area (Å²) in [5.74, 6) is -1.49. The molecule has 0 atom stereocenters. The molecule has 2 N–H and O–H groups in total. The zero-order valence-corrected chi connectivity index (χ0v) is 14.4. The van der Waals surface area contributed by atoms with Crippen LogP contribution >= 0.6 is 24.0 Å². The fourth-order valence-corrected chi connectivity index (χ4v) is 2.58. The lowest BCUT2D eigenvalue weighted by Gasteiger charge is -2.37. The number of aromatic nitrogens is 2. The Balaban J connectivity index is 0.00000176. The van der Waals surface area contributed by atoms with E-state index in [0.717, 1.165) is 13.1 Å². The van der Waals surface area contributed by atoms with Crippen LogP contribution in [0, 0.1) is 0 Å². The Bertz CT molecular complexity index is 511. The molecule has 2 aliphatic rings. The molecule has 0 aromatic carbocycles. The molecule has 1 saturated heterocycles. The Morgan fingerprint density at radius 2 is 1.77 bits per heavy atom. The van der Waals surface area contributed by atoms with Crippen molar-refractivity contribution in [1.82, 2.24) is 14.9 Å². The second kappa shape index (κ2) is 6.88. The molecule has 0 amide bonds. The van der Waals surface area contributed by atoms with Gasteiger partial charge in [0, 0.05) is 51.4 Å². The number of halogens is 3. The van der Waals surface area contributed by atoms with Gasteiger partial charge in [-0.2, -0.15) is 0 Å². The third kappa shape index (κ3) is 3.93. The number of nitrogens with zero attached hydrogens (tertiary/aromatic N) is 5. The zero-order chi connectivity index (χ0) is 14.9. The number of nitrogens with two attached hydrogens (primary N) is 1. The molecular formula is C13H19F2IN6. The fraction of sp³-hybridized carbons (Fsp3) is 0.615. The lowest BCUT2D eigenvalue weighted by molar-refractivity contribution is -0.0836. The standard InChI is InChI=1S/C13H18F2N6.HI/c14-13(15)8-10(9-13)19-11(16)20-4-6-21(7-5-20)12-17-2-1-3-18-12;/h1-3,10H,4-9H2,(H2,16,19);1H. The van der Waals surface area contributed by atoms with Gasteiger partial charge in [0.2, 0.25) is 5.95 Å². The van der Waals surface area contributed by atoms with Crippen LogP contribution in [0.4, 0.5) is 14.7 Å². The molecule has 0 radical (unpaired) electrons. The van der Waals surface area contributed by atoms with Crippen LogP contribution in [0.1, 0.15) is 12.8 Å². The number of hydrogen-bond acceptors (Lipinski definition) is 4. The third-order valence-electron chi connectivity index (χ3n) is 3.82. The van der Waals surface area contributed by atoms with Crippen molar-refractivity contribution < 1.29 is 8.78 Å². The van der Waals surface area contributed by atoms with Crippen molar-refractivity contribution in [1.29, 1.82) is 0 Å². The van der Waals surface area contributed by atoms with E-state index in [9.17, 15) is 8.78 Å². The average molecular weight is 424 g/mol. The van der Waals surface area contributed by atoms with Gasteiger partial charge in [-0.25, -0.2) is 23.7 Å². The molecule has 3 rings (SSSR count). The summed E-state index contributed by atoms with van der Waals surface area (Å²) >= 11 is 0. The van der Waals surface area contributed by atoms with Crippen LogP contribution in [0.2, 0.25) is 0 Å². The van der Waals surface area contributed by atoms with Gasteiger partial charge in [0.15, 0.2) is 5.96 Å². The van der Waals surface area contributed by atoms with Crippen LogP contribution in [0.15, 0.2) is 23.5 Å². The SMILES string of the molecule is I.NC(=NC1CC(F)(F)C1)N1CCN(c2ncccn2)CC1. The summed E-state index contributed by atoms with van der Waals surface area (Å²) in [6, 6.07) is 1.44. The summed E-state index contributed by atoms with van der Waals surface area (Å²) in [6.07, 6.45) is 3.04. The molecule has 0 spiro atoms. The second-order valence-electron chi connectivity index (χ2n) is 5.43. The highest BCUT2D eigenvalue weighted by Gasteiger charge is 2.45. The van der Waals surface area contributed by atoms with E-state index in [4.69, 9.17) is 5.73 Å². The number of guanidine groups is 1. The van der Waals surface area contributed by atoms with Crippen molar-refractivity contribution in [3.63, 3.8) is 0 Å². The highest BCUT2D eigenvalue weighted by molar-refractivity contribution is 14.0. The average Bonchev–Trinajstić information content (AvgIpc) is 2.46. The maximum atomic E-state index is 12.8. The maximum Gasteiger partial charge on any atom is 0.252 e. The largest absolute Gasteiger partial charge is 0.370 e. The van der Waals surface area contributed by atoms with Gasteiger partial charge in [0.05, 0.1) is 6.04 Å². The molecule has 1 aliphatic carbocycles. The quantitative estimate of drug-likeness (QED) is 0.441. The van der Waals surface area contributed by atoms with Gasteiger partial charge in [0.1, 0.15) is 0 Å². The van der Waals surface area contributed by atoms with Crippen LogP contribution in [0.3, 0.4) is 0 Å². The zero-order valence-electron chi connectivity index (χ0n) is 12.0. The number of rotatable bonds is 2. The van der Waals surface area contributed by atoms with Crippen molar-refractivity contribution in [2.24, 2.45) is 10.7 Å². The van der Waals surface area contributed by atoms with Crippen LogP contribution in [-0.4, -0.2) is 59.0 Å². The van der Waals surface area contributed by atoms with Crippen molar-refractivity contribution in [3.8, 4) is 0 Å². The fourth-order valence-electron chi connectivity index (χ4n) is 2.58. The Morgan fingerprint density at radius 1 is 1.18 bits per heavy atom. The molecule has 0 bridgehead atoms. The molecule has 2 heterocycles. The van der Waals surface area contributed by atoms with Gasteiger partial charge in [-0.3, -0.25) is 0 Å². The summed E-state index contributed by atoms with van der Waals surface area (Å²) in [5.41, 5.74) is 5.91. The number of anilines is 1. The topological polar surface area (TPSA) is 70.6 Å². The first-order chi connectivity index (χ1) is 10.0. The predicted octanol–water partition coefficient (Wildman–Crippen LogP) is 1.33. The van der Waals surface area contributed by atoms with E-state index in [1.165, 1.54) is 0 Å². The molecule has 6 nitrogen and oxygen atoms in total. The van der Waals surface area contributed by atoms with E-state index in [2.05, 4.69) is 19.9 Å². The molecule has 1 aromatic heterocycles.